The third-order valence-electron chi connectivity index (χ3n) is 5.31. The molecule has 1 fully saturated rings. The molecule has 5 heteroatoms. The summed E-state index contributed by atoms with van der Waals surface area (Å²) < 4.78 is 7.30. The van der Waals surface area contributed by atoms with E-state index >= 15 is 0 Å². The summed E-state index contributed by atoms with van der Waals surface area (Å²) in [4.78, 5) is 18.0. The van der Waals surface area contributed by atoms with Crippen molar-refractivity contribution in [3.63, 3.8) is 0 Å². The topological polar surface area (TPSA) is 55.6 Å². The highest BCUT2D eigenvalue weighted by Gasteiger charge is 2.16. The summed E-state index contributed by atoms with van der Waals surface area (Å²) in [5.41, 5.74) is 4.27. The maximum absolute atomic E-state index is 13.2. The molecule has 0 unspecified atom stereocenters. The molecule has 28 heavy (non-hydrogen) atoms. The molecule has 1 saturated heterocycles. The van der Waals surface area contributed by atoms with Crippen LogP contribution in [0.1, 0.15) is 38.3 Å². The maximum atomic E-state index is 13.2. The minimum absolute atomic E-state index is 0.00299. The lowest BCUT2D eigenvalue weighted by Gasteiger charge is -2.13. The molecule has 1 aliphatic heterocycles. The zero-order chi connectivity index (χ0) is 19.3. The van der Waals surface area contributed by atoms with Crippen molar-refractivity contribution in [3.05, 3.63) is 64.7 Å². The number of unbranched alkanes of at least 4 members (excludes halogenated alkanes) is 1. The molecular formula is C23H27N3O2. The highest BCUT2D eigenvalue weighted by Crippen LogP contribution is 2.23. The van der Waals surface area contributed by atoms with Crippen LogP contribution < -0.4 is 10.9 Å². The Hall–Kier alpha value is -2.66. The molecule has 146 valence electrons. The van der Waals surface area contributed by atoms with Crippen LogP contribution in [0.5, 0.6) is 0 Å². The molecule has 2 aromatic heterocycles. The first-order chi connectivity index (χ1) is 13.8. The highest BCUT2D eigenvalue weighted by atomic mass is 16.5. The summed E-state index contributed by atoms with van der Waals surface area (Å²) in [6.07, 6.45) is 7.25. The van der Waals surface area contributed by atoms with Gasteiger partial charge in [-0.2, -0.15) is 0 Å². The molecule has 1 atom stereocenters. The fourth-order valence-electron chi connectivity index (χ4n) is 3.74. The number of pyridine rings is 1. The molecule has 0 aliphatic carbocycles. The number of aryl methyl sites for hydroxylation is 1. The van der Waals surface area contributed by atoms with Gasteiger partial charge in [-0.15, -0.1) is 0 Å². The number of rotatable bonds is 7. The first-order valence-corrected chi connectivity index (χ1v) is 10.2. The van der Waals surface area contributed by atoms with Crippen molar-refractivity contribution in [2.45, 2.75) is 45.1 Å². The van der Waals surface area contributed by atoms with Crippen molar-refractivity contribution in [3.8, 4) is 11.1 Å². The molecule has 3 heterocycles. The quantitative estimate of drug-likeness (QED) is 0.667. The van der Waals surface area contributed by atoms with Crippen molar-refractivity contribution >= 4 is 11.3 Å². The summed E-state index contributed by atoms with van der Waals surface area (Å²) in [7, 11) is 0. The zero-order valence-electron chi connectivity index (χ0n) is 16.4. The molecule has 0 amide bonds. The monoisotopic (exact) mass is 377 g/mol. The normalized spacial score (nSPS) is 16.5. The number of anilines is 1. The van der Waals surface area contributed by atoms with Gasteiger partial charge in [0, 0.05) is 25.0 Å². The lowest BCUT2D eigenvalue weighted by atomic mass is 10.0. The fraction of sp³-hybridized carbons (Fsp3) is 0.391. The second kappa shape index (κ2) is 8.57. The van der Waals surface area contributed by atoms with E-state index in [-0.39, 0.29) is 5.56 Å². The van der Waals surface area contributed by atoms with Crippen molar-refractivity contribution in [2.24, 2.45) is 0 Å². The van der Waals surface area contributed by atoms with Gasteiger partial charge in [-0.05, 0) is 55.5 Å². The van der Waals surface area contributed by atoms with Crippen molar-refractivity contribution in [1.82, 2.24) is 9.38 Å². The van der Waals surface area contributed by atoms with Crippen LogP contribution in [0.15, 0.2) is 53.5 Å². The maximum Gasteiger partial charge on any atom is 0.265 e. The largest absolute Gasteiger partial charge is 0.382 e. The molecule has 4 rings (SSSR count). The van der Waals surface area contributed by atoms with Gasteiger partial charge in [0.05, 0.1) is 17.4 Å². The fourth-order valence-corrected chi connectivity index (χ4v) is 3.74. The third-order valence-corrected chi connectivity index (χ3v) is 5.31. The van der Waals surface area contributed by atoms with E-state index in [1.165, 1.54) is 0 Å². The average Bonchev–Trinajstić information content (AvgIpc) is 3.25. The van der Waals surface area contributed by atoms with Gasteiger partial charge >= 0.3 is 0 Å². The molecule has 0 bridgehead atoms. The van der Waals surface area contributed by atoms with Crippen LogP contribution >= 0.6 is 0 Å². The predicted octanol–water partition coefficient (Wildman–Crippen LogP) is 4.30. The Morgan fingerprint density at radius 2 is 2.07 bits per heavy atom. The second-order valence-electron chi connectivity index (χ2n) is 7.36. The highest BCUT2D eigenvalue weighted by molar-refractivity contribution is 5.68. The predicted molar refractivity (Wildman–Crippen MR) is 113 cm³/mol. The minimum Gasteiger partial charge on any atom is -0.382 e. The molecule has 1 N–H and O–H groups in total. The molecule has 1 aliphatic rings. The lowest BCUT2D eigenvalue weighted by molar-refractivity contribution is 0.120. The standard InChI is InChI=1S/C23H27N3O2/c1-2-3-8-20-22(23(27)26-14-5-4-9-21(26)25-20)17-10-12-18(13-11-17)24-16-19-7-6-15-28-19/h4-5,9-14,19,24H,2-3,6-8,15-16H2,1H3/t19-/m0/s1. The molecule has 1 aromatic carbocycles. The SMILES string of the molecule is CCCCc1nc2ccccn2c(=O)c1-c1ccc(NC[C@@H]2CCCO2)cc1. The number of fused-ring (bicyclic) bond motifs is 1. The molecule has 0 saturated carbocycles. The van der Waals surface area contributed by atoms with Crippen LogP contribution in [0.4, 0.5) is 5.69 Å². The summed E-state index contributed by atoms with van der Waals surface area (Å²) in [6, 6.07) is 13.8. The van der Waals surface area contributed by atoms with E-state index in [4.69, 9.17) is 9.72 Å². The van der Waals surface area contributed by atoms with Crippen molar-refractivity contribution < 1.29 is 4.74 Å². The number of nitrogens with zero attached hydrogens (tertiary/aromatic N) is 2. The number of ether oxygens (including phenoxy) is 1. The Labute approximate surface area is 165 Å². The lowest BCUT2D eigenvalue weighted by Crippen LogP contribution is -2.20. The van der Waals surface area contributed by atoms with E-state index in [9.17, 15) is 4.79 Å². The summed E-state index contributed by atoms with van der Waals surface area (Å²) >= 11 is 0. The van der Waals surface area contributed by atoms with E-state index in [1.807, 2.05) is 42.5 Å². The number of nitrogens with one attached hydrogen (secondary N) is 1. The number of hydrogen-bond acceptors (Lipinski definition) is 4. The zero-order valence-corrected chi connectivity index (χ0v) is 16.4. The van der Waals surface area contributed by atoms with Crippen molar-refractivity contribution in [1.29, 1.82) is 0 Å². The van der Waals surface area contributed by atoms with Crippen LogP contribution in [0.3, 0.4) is 0 Å². The Morgan fingerprint density at radius 1 is 1.21 bits per heavy atom. The summed E-state index contributed by atoms with van der Waals surface area (Å²) in [5, 5.41) is 3.43. The van der Waals surface area contributed by atoms with Gasteiger partial charge in [-0.25, -0.2) is 4.98 Å². The molecule has 0 spiro atoms. The van der Waals surface area contributed by atoms with E-state index in [0.717, 1.165) is 62.2 Å². The van der Waals surface area contributed by atoms with Crippen LogP contribution in [0.25, 0.3) is 16.8 Å². The number of aromatic nitrogens is 2. The Morgan fingerprint density at radius 3 is 2.82 bits per heavy atom. The van der Waals surface area contributed by atoms with E-state index < -0.39 is 0 Å². The first kappa shape index (κ1) is 18.7. The Kier molecular flexibility index (Phi) is 5.72. The third kappa shape index (κ3) is 3.94. The first-order valence-electron chi connectivity index (χ1n) is 10.2. The minimum atomic E-state index is -0.00299. The molecule has 3 aromatic rings. The number of benzene rings is 1. The van der Waals surface area contributed by atoms with Gasteiger partial charge in [0.15, 0.2) is 0 Å². The Balaban J connectivity index is 1.64. The summed E-state index contributed by atoms with van der Waals surface area (Å²) in [6.45, 7) is 3.84. The van der Waals surface area contributed by atoms with E-state index in [2.05, 4.69) is 12.2 Å². The van der Waals surface area contributed by atoms with E-state index in [1.54, 1.807) is 10.6 Å². The average molecular weight is 377 g/mol. The van der Waals surface area contributed by atoms with Crippen LogP contribution in [0, 0.1) is 0 Å². The number of hydrogen-bond donors (Lipinski definition) is 1. The Bertz CT molecular complexity index is 989. The van der Waals surface area contributed by atoms with Gasteiger partial charge in [-0.3, -0.25) is 9.20 Å². The molecule has 0 radical (unpaired) electrons. The smallest absolute Gasteiger partial charge is 0.265 e. The van der Waals surface area contributed by atoms with Crippen LogP contribution in [-0.4, -0.2) is 28.6 Å². The van der Waals surface area contributed by atoms with Gasteiger partial charge < -0.3 is 10.1 Å². The molecule has 5 nitrogen and oxygen atoms in total. The van der Waals surface area contributed by atoms with Crippen LogP contribution in [-0.2, 0) is 11.2 Å². The van der Waals surface area contributed by atoms with Gasteiger partial charge in [0.25, 0.3) is 5.56 Å². The molecular weight excluding hydrogens is 350 g/mol. The van der Waals surface area contributed by atoms with E-state index in [0.29, 0.717) is 17.3 Å². The van der Waals surface area contributed by atoms with Crippen LogP contribution in [0.2, 0.25) is 0 Å². The van der Waals surface area contributed by atoms with Crippen molar-refractivity contribution in [2.75, 3.05) is 18.5 Å². The second-order valence-corrected chi connectivity index (χ2v) is 7.36. The van der Waals surface area contributed by atoms with Gasteiger partial charge in [0.1, 0.15) is 5.65 Å². The van der Waals surface area contributed by atoms with Gasteiger partial charge in [0.2, 0.25) is 0 Å². The summed E-state index contributed by atoms with van der Waals surface area (Å²) in [5.74, 6) is 0. The van der Waals surface area contributed by atoms with Gasteiger partial charge in [-0.1, -0.05) is 31.5 Å².